The molecule has 1 fully saturated rings. The van der Waals surface area contributed by atoms with Crippen LogP contribution in [0, 0.1) is 29.6 Å². The largest absolute Gasteiger partial charge is 0.379 e. The molecule has 1 aromatic heterocycles. The van der Waals surface area contributed by atoms with Crippen LogP contribution in [-0.4, -0.2) is 36.2 Å². The molecule has 0 radical (unpaired) electrons. The van der Waals surface area contributed by atoms with Crippen LogP contribution in [0.25, 0.3) is 0 Å². The third kappa shape index (κ3) is 2.80. The van der Waals surface area contributed by atoms with Crippen LogP contribution in [0.1, 0.15) is 24.2 Å². The first-order chi connectivity index (χ1) is 9.73. The molecule has 1 aromatic rings. The summed E-state index contributed by atoms with van der Waals surface area (Å²) in [5.41, 5.74) is 0.787. The number of hydrogen-bond donors (Lipinski definition) is 0. The lowest BCUT2D eigenvalue weighted by atomic mass is 9.88. The number of hydrogen-bond acceptors (Lipinski definition) is 5. The summed E-state index contributed by atoms with van der Waals surface area (Å²) in [4.78, 5) is 6.62. The second kappa shape index (κ2) is 6.47. The van der Waals surface area contributed by atoms with Gasteiger partial charge < -0.3 is 4.74 Å². The van der Waals surface area contributed by atoms with Gasteiger partial charge in [-0.1, -0.05) is 6.07 Å². The summed E-state index contributed by atoms with van der Waals surface area (Å²) >= 11 is 0. The summed E-state index contributed by atoms with van der Waals surface area (Å²) in [6, 6.07) is 10.3. The van der Waals surface area contributed by atoms with E-state index in [2.05, 4.69) is 22.0 Å². The number of morpholine rings is 1. The van der Waals surface area contributed by atoms with Crippen LogP contribution in [0.4, 0.5) is 0 Å². The number of rotatable bonds is 4. The molecule has 0 amide bonds. The van der Waals surface area contributed by atoms with E-state index < -0.39 is 5.54 Å². The van der Waals surface area contributed by atoms with Crippen LogP contribution in [0.3, 0.4) is 0 Å². The Hall–Kier alpha value is -1.95. The van der Waals surface area contributed by atoms with Crippen molar-refractivity contribution in [1.29, 1.82) is 10.5 Å². The molecule has 1 aliphatic heterocycles. The summed E-state index contributed by atoms with van der Waals surface area (Å²) in [7, 11) is 0. The highest BCUT2D eigenvalue weighted by molar-refractivity contribution is 5.27. The van der Waals surface area contributed by atoms with Gasteiger partial charge >= 0.3 is 0 Å². The Morgan fingerprint density at radius 3 is 2.70 bits per heavy atom. The number of aryl methyl sites for hydroxylation is 1. The monoisotopic (exact) mass is 270 g/mol. The maximum absolute atomic E-state index is 9.82. The second-order valence-electron chi connectivity index (χ2n) is 4.89. The SMILES string of the molecule is Cc1cccc(C(C#N)(CCC#N)N2CCOCC2)n1. The van der Waals surface area contributed by atoms with Gasteiger partial charge in [-0.05, 0) is 25.5 Å². The third-order valence-electron chi connectivity index (χ3n) is 3.65. The van der Waals surface area contributed by atoms with Crippen molar-refractivity contribution < 1.29 is 4.74 Å². The average Bonchev–Trinajstić information content (AvgIpc) is 2.50. The molecular weight excluding hydrogens is 252 g/mol. The van der Waals surface area contributed by atoms with Crippen molar-refractivity contribution in [3.05, 3.63) is 29.6 Å². The summed E-state index contributed by atoms with van der Waals surface area (Å²) in [5, 5.41) is 18.7. The standard InChI is InChI=1S/C15H18N4O/c1-13-4-2-5-14(18-13)15(12-17,6-3-7-16)19-8-10-20-11-9-19/h2,4-5H,3,6,8-11H2,1H3. The van der Waals surface area contributed by atoms with Crippen molar-refractivity contribution in [3.63, 3.8) is 0 Å². The first kappa shape index (κ1) is 14.5. The Morgan fingerprint density at radius 1 is 1.35 bits per heavy atom. The highest BCUT2D eigenvalue weighted by atomic mass is 16.5. The van der Waals surface area contributed by atoms with E-state index >= 15 is 0 Å². The molecule has 0 spiro atoms. The molecule has 1 atom stereocenters. The zero-order chi connectivity index (χ0) is 14.4. The predicted octanol–water partition coefficient (Wildman–Crippen LogP) is 1.74. The Kier molecular flexibility index (Phi) is 4.68. The molecule has 1 aliphatic rings. The zero-order valence-corrected chi connectivity index (χ0v) is 11.7. The van der Waals surface area contributed by atoms with Gasteiger partial charge in [-0.2, -0.15) is 10.5 Å². The molecule has 104 valence electrons. The van der Waals surface area contributed by atoms with Crippen molar-refractivity contribution in [2.24, 2.45) is 0 Å². The fourth-order valence-corrected chi connectivity index (χ4v) is 2.59. The van der Waals surface area contributed by atoms with E-state index in [4.69, 9.17) is 10.00 Å². The minimum absolute atomic E-state index is 0.334. The fraction of sp³-hybridized carbons (Fsp3) is 0.533. The highest BCUT2D eigenvalue weighted by Gasteiger charge is 2.40. The van der Waals surface area contributed by atoms with Gasteiger partial charge in [-0.15, -0.1) is 0 Å². The highest BCUT2D eigenvalue weighted by Crippen LogP contribution is 2.32. The van der Waals surface area contributed by atoms with Crippen molar-refractivity contribution in [1.82, 2.24) is 9.88 Å². The van der Waals surface area contributed by atoms with E-state index in [1.54, 1.807) is 0 Å². The molecule has 0 N–H and O–H groups in total. The molecule has 5 nitrogen and oxygen atoms in total. The number of ether oxygens (including phenoxy) is 1. The van der Waals surface area contributed by atoms with E-state index in [-0.39, 0.29) is 0 Å². The summed E-state index contributed by atoms with van der Waals surface area (Å²) in [6.07, 6.45) is 0.803. The van der Waals surface area contributed by atoms with Gasteiger partial charge in [0.25, 0.3) is 0 Å². The lowest BCUT2D eigenvalue weighted by Crippen LogP contribution is -2.51. The fourth-order valence-electron chi connectivity index (χ4n) is 2.59. The number of nitrogens with zero attached hydrogens (tertiary/aromatic N) is 4. The van der Waals surface area contributed by atoms with Crippen molar-refractivity contribution >= 4 is 0 Å². The molecule has 20 heavy (non-hydrogen) atoms. The van der Waals surface area contributed by atoms with Crippen LogP contribution < -0.4 is 0 Å². The van der Waals surface area contributed by atoms with E-state index in [1.807, 2.05) is 25.1 Å². The van der Waals surface area contributed by atoms with Gasteiger partial charge in [0, 0.05) is 25.2 Å². The molecule has 5 heteroatoms. The second-order valence-corrected chi connectivity index (χ2v) is 4.89. The van der Waals surface area contributed by atoms with Crippen molar-refractivity contribution in [3.8, 4) is 12.1 Å². The molecule has 0 saturated carbocycles. The molecule has 2 heterocycles. The summed E-state index contributed by atoms with van der Waals surface area (Å²) < 4.78 is 5.37. The van der Waals surface area contributed by atoms with Crippen LogP contribution in [-0.2, 0) is 10.3 Å². The van der Waals surface area contributed by atoms with Gasteiger partial charge in [0.15, 0.2) is 5.54 Å². The van der Waals surface area contributed by atoms with Crippen LogP contribution >= 0.6 is 0 Å². The molecule has 2 rings (SSSR count). The maximum atomic E-state index is 9.82. The molecular formula is C15H18N4O. The Balaban J connectivity index is 2.41. The molecule has 0 aliphatic carbocycles. The van der Waals surface area contributed by atoms with Gasteiger partial charge in [0.1, 0.15) is 0 Å². The normalized spacial score (nSPS) is 18.8. The zero-order valence-electron chi connectivity index (χ0n) is 11.7. The first-order valence-corrected chi connectivity index (χ1v) is 6.78. The van der Waals surface area contributed by atoms with Crippen molar-refractivity contribution in [2.75, 3.05) is 26.3 Å². The Labute approximate surface area is 119 Å². The van der Waals surface area contributed by atoms with E-state index in [0.717, 1.165) is 11.4 Å². The van der Waals surface area contributed by atoms with Gasteiger partial charge in [-0.3, -0.25) is 9.88 Å². The summed E-state index contributed by atoms with van der Waals surface area (Å²) in [6.45, 7) is 4.52. The number of nitriles is 2. The van der Waals surface area contributed by atoms with Gasteiger partial charge in [0.05, 0.1) is 31.0 Å². The Bertz CT molecular complexity index is 540. The molecule has 1 saturated heterocycles. The van der Waals surface area contributed by atoms with Crippen molar-refractivity contribution in [2.45, 2.75) is 25.3 Å². The Morgan fingerprint density at radius 2 is 2.10 bits per heavy atom. The van der Waals surface area contributed by atoms with Gasteiger partial charge in [-0.25, -0.2) is 0 Å². The lowest BCUT2D eigenvalue weighted by molar-refractivity contribution is -0.00880. The average molecular weight is 270 g/mol. The minimum atomic E-state index is -0.828. The molecule has 0 bridgehead atoms. The molecule has 1 unspecified atom stereocenters. The van der Waals surface area contributed by atoms with E-state index in [1.165, 1.54) is 0 Å². The topological polar surface area (TPSA) is 72.9 Å². The maximum Gasteiger partial charge on any atom is 0.152 e. The number of pyridine rings is 1. The minimum Gasteiger partial charge on any atom is -0.379 e. The lowest BCUT2D eigenvalue weighted by Gasteiger charge is -2.40. The van der Waals surface area contributed by atoms with Crippen LogP contribution in [0.15, 0.2) is 18.2 Å². The third-order valence-corrected chi connectivity index (χ3v) is 3.65. The number of aromatic nitrogens is 1. The van der Waals surface area contributed by atoms with E-state index in [0.29, 0.717) is 39.1 Å². The van der Waals surface area contributed by atoms with Crippen LogP contribution in [0.5, 0.6) is 0 Å². The smallest absolute Gasteiger partial charge is 0.152 e. The quantitative estimate of drug-likeness (QED) is 0.833. The first-order valence-electron chi connectivity index (χ1n) is 6.78. The van der Waals surface area contributed by atoms with Crippen LogP contribution in [0.2, 0.25) is 0 Å². The predicted molar refractivity (Wildman–Crippen MR) is 73.5 cm³/mol. The van der Waals surface area contributed by atoms with E-state index in [9.17, 15) is 5.26 Å². The molecule has 0 aromatic carbocycles. The van der Waals surface area contributed by atoms with Gasteiger partial charge in [0.2, 0.25) is 0 Å². The summed E-state index contributed by atoms with van der Waals surface area (Å²) in [5.74, 6) is 0.